The van der Waals surface area contributed by atoms with E-state index in [2.05, 4.69) is 33.9 Å². The summed E-state index contributed by atoms with van der Waals surface area (Å²) in [5, 5.41) is 8.19. The predicted octanol–water partition coefficient (Wildman–Crippen LogP) is 3.39. The molecule has 1 amide bonds. The molecule has 134 valence electrons. The number of benzene rings is 1. The first-order valence-electron chi connectivity index (χ1n) is 8.54. The van der Waals surface area contributed by atoms with Crippen LogP contribution in [0.2, 0.25) is 0 Å². The lowest BCUT2D eigenvalue weighted by molar-refractivity contribution is -0.126. The number of likely N-dealkylation sites (tertiary alicyclic amines) is 1. The van der Waals surface area contributed by atoms with Crippen LogP contribution in [0.3, 0.4) is 0 Å². The summed E-state index contributed by atoms with van der Waals surface area (Å²) in [5.41, 5.74) is 1.28. The summed E-state index contributed by atoms with van der Waals surface area (Å²) in [6, 6.07) is 8.44. The molecule has 2 N–H and O–H groups in total. The van der Waals surface area contributed by atoms with E-state index < -0.39 is 5.54 Å². The van der Waals surface area contributed by atoms with Crippen LogP contribution in [0.25, 0.3) is 0 Å². The molecule has 6 heteroatoms. The second-order valence-corrected chi connectivity index (χ2v) is 7.60. The van der Waals surface area contributed by atoms with Gasteiger partial charge >= 0.3 is 0 Å². The molecule has 2 aromatic rings. The number of amides is 1. The molecule has 1 aromatic heterocycles. The van der Waals surface area contributed by atoms with Gasteiger partial charge in [-0.2, -0.15) is 0 Å². The van der Waals surface area contributed by atoms with Crippen LogP contribution >= 0.6 is 11.3 Å². The van der Waals surface area contributed by atoms with Crippen molar-refractivity contribution in [2.45, 2.75) is 31.8 Å². The van der Waals surface area contributed by atoms with Gasteiger partial charge in [0.05, 0.1) is 0 Å². The fourth-order valence-electron chi connectivity index (χ4n) is 3.35. The van der Waals surface area contributed by atoms with Crippen molar-refractivity contribution in [2.24, 2.45) is 0 Å². The van der Waals surface area contributed by atoms with E-state index in [1.807, 2.05) is 0 Å². The summed E-state index contributed by atoms with van der Waals surface area (Å²) >= 11 is 1.78. The van der Waals surface area contributed by atoms with Crippen LogP contribution in [0.1, 0.15) is 23.3 Å². The number of nitrogens with one attached hydrogen (secondary N) is 2. The van der Waals surface area contributed by atoms with Crippen molar-refractivity contribution < 1.29 is 9.18 Å². The highest BCUT2D eigenvalue weighted by Crippen LogP contribution is 2.29. The van der Waals surface area contributed by atoms with Gasteiger partial charge in [0.2, 0.25) is 5.91 Å². The number of nitrogens with zero attached hydrogens (tertiary/aromatic N) is 1. The summed E-state index contributed by atoms with van der Waals surface area (Å²) in [5.74, 6) is -0.341. The molecule has 25 heavy (non-hydrogen) atoms. The number of rotatable bonds is 5. The molecular weight excluding hydrogens is 337 g/mol. The monoisotopic (exact) mass is 361 g/mol. The lowest BCUT2D eigenvalue weighted by atomic mass is 9.86. The zero-order valence-corrected chi connectivity index (χ0v) is 15.5. The lowest BCUT2D eigenvalue weighted by Gasteiger charge is -2.41. The number of anilines is 1. The molecule has 0 saturated carbocycles. The number of hydrogen-bond donors (Lipinski definition) is 2. The van der Waals surface area contributed by atoms with Gasteiger partial charge in [0.1, 0.15) is 11.4 Å². The Morgan fingerprint density at radius 1 is 1.32 bits per heavy atom. The maximum atomic E-state index is 13.5. The number of thiophene rings is 1. The van der Waals surface area contributed by atoms with Gasteiger partial charge in [0.25, 0.3) is 0 Å². The number of piperidine rings is 1. The molecule has 1 aliphatic rings. The lowest BCUT2D eigenvalue weighted by Crippen LogP contribution is -2.57. The van der Waals surface area contributed by atoms with Crippen molar-refractivity contribution in [1.29, 1.82) is 0 Å². The van der Waals surface area contributed by atoms with Gasteiger partial charge in [-0.15, -0.1) is 11.3 Å². The molecule has 0 spiro atoms. The van der Waals surface area contributed by atoms with Gasteiger partial charge in [0, 0.05) is 37.2 Å². The molecule has 1 aromatic carbocycles. The Balaban J connectivity index is 1.71. The maximum absolute atomic E-state index is 13.5. The van der Waals surface area contributed by atoms with Crippen molar-refractivity contribution in [3.63, 3.8) is 0 Å². The smallest absolute Gasteiger partial charge is 0.245 e. The van der Waals surface area contributed by atoms with E-state index in [1.165, 1.54) is 22.6 Å². The first-order valence-corrected chi connectivity index (χ1v) is 9.42. The highest BCUT2D eigenvalue weighted by atomic mass is 32.1. The average Bonchev–Trinajstić information content (AvgIpc) is 3.01. The van der Waals surface area contributed by atoms with Crippen molar-refractivity contribution in [3.8, 4) is 0 Å². The molecule has 0 radical (unpaired) electrons. The minimum absolute atomic E-state index is 0.0382. The minimum Gasteiger partial charge on any atom is -0.371 e. The minimum atomic E-state index is -0.691. The Bertz CT molecular complexity index is 738. The topological polar surface area (TPSA) is 44.4 Å². The van der Waals surface area contributed by atoms with Crippen LogP contribution < -0.4 is 10.6 Å². The van der Waals surface area contributed by atoms with Crippen LogP contribution in [0.15, 0.2) is 35.7 Å². The van der Waals surface area contributed by atoms with Gasteiger partial charge < -0.3 is 10.6 Å². The quantitative estimate of drug-likeness (QED) is 0.858. The van der Waals surface area contributed by atoms with Gasteiger partial charge in [-0.05, 0) is 55.0 Å². The Hall–Kier alpha value is -1.92. The third kappa shape index (κ3) is 4.02. The fraction of sp³-hybridized carbons (Fsp3) is 0.421. The Kier molecular flexibility index (Phi) is 5.39. The molecule has 0 bridgehead atoms. The van der Waals surface area contributed by atoms with E-state index in [0.717, 1.165) is 19.6 Å². The SMILES string of the molecule is CNC(=O)C1(Nc2cccc(F)c2)CCN(Cc2sccc2C)CC1. The third-order valence-electron chi connectivity index (χ3n) is 4.91. The normalized spacial score (nSPS) is 17.2. The Morgan fingerprint density at radius 2 is 2.08 bits per heavy atom. The van der Waals surface area contributed by atoms with Crippen LogP contribution in [-0.4, -0.2) is 36.5 Å². The number of halogens is 1. The Morgan fingerprint density at radius 3 is 2.68 bits per heavy atom. The standard InChI is InChI=1S/C19H24FN3OS/c1-14-6-11-25-17(14)13-23-9-7-19(8-10-23,18(24)21-2)22-16-5-3-4-15(20)12-16/h3-6,11-12,22H,7-10,13H2,1-2H3,(H,21,24). The van der Waals surface area contributed by atoms with E-state index in [-0.39, 0.29) is 11.7 Å². The molecule has 1 saturated heterocycles. The first kappa shape index (κ1) is 17.9. The summed E-state index contributed by atoms with van der Waals surface area (Å²) in [4.78, 5) is 16.3. The Labute approximate surface area is 152 Å². The summed E-state index contributed by atoms with van der Waals surface area (Å²) in [7, 11) is 1.65. The van der Waals surface area contributed by atoms with Gasteiger partial charge in [-0.25, -0.2) is 4.39 Å². The second kappa shape index (κ2) is 7.54. The van der Waals surface area contributed by atoms with Crippen molar-refractivity contribution in [2.75, 3.05) is 25.5 Å². The molecule has 0 atom stereocenters. The predicted molar refractivity (Wildman–Crippen MR) is 100 cm³/mol. The molecular formula is C19H24FN3OS. The van der Waals surface area contributed by atoms with Crippen molar-refractivity contribution >= 4 is 22.9 Å². The largest absolute Gasteiger partial charge is 0.371 e. The van der Waals surface area contributed by atoms with Crippen LogP contribution in [0.5, 0.6) is 0 Å². The van der Waals surface area contributed by atoms with Crippen molar-refractivity contribution in [1.82, 2.24) is 10.2 Å². The van der Waals surface area contributed by atoms with Crippen LogP contribution in [-0.2, 0) is 11.3 Å². The molecule has 4 nitrogen and oxygen atoms in total. The van der Waals surface area contributed by atoms with Crippen LogP contribution in [0, 0.1) is 12.7 Å². The molecule has 2 heterocycles. The number of hydrogen-bond acceptors (Lipinski definition) is 4. The van der Waals surface area contributed by atoms with Gasteiger partial charge in [-0.1, -0.05) is 6.07 Å². The summed E-state index contributed by atoms with van der Waals surface area (Å²) < 4.78 is 13.5. The molecule has 1 fully saturated rings. The first-order chi connectivity index (χ1) is 12.0. The van der Waals surface area contributed by atoms with Gasteiger partial charge in [-0.3, -0.25) is 9.69 Å². The molecule has 0 unspecified atom stereocenters. The summed E-state index contributed by atoms with van der Waals surface area (Å²) in [6.45, 7) is 4.71. The summed E-state index contributed by atoms with van der Waals surface area (Å²) in [6.07, 6.45) is 1.38. The highest BCUT2D eigenvalue weighted by Gasteiger charge is 2.41. The zero-order valence-electron chi connectivity index (χ0n) is 14.6. The fourth-order valence-corrected chi connectivity index (χ4v) is 4.30. The molecule has 0 aliphatic carbocycles. The van der Waals surface area contributed by atoms with Gasteiger partial charge in [0.15, 0.2) is 0 Å². The second-order valence-electron chi connectivity index (χ2n) is 6.60. The third-order valence-corrected chi connectivity index (χ3v) is 5.92. The van der Waals surface area contributed by atoms with E-state index in [1.54, 1.807) is 30.5 Å². The van der Waals surface area contributed by atoms with Crippen molar-refractivity contribution in [3.05, 3.63) is 52.0 Å². The number of likely N-dealkylation sites (N-methyl/N-ethyl adjacent to an activating group) is 1. The van der Waals surface area contributed by atoms with Crippen LogP contribution in [0.4, 0.5) is 10.1 Å². The molecule has 1 aliphatic heterocycles. The van der Waals surface area contributed by atoms with E-state index >= 15 is 0 Å². The number of carbonyl (C=O) groups excluding carboxylic acids is 1. The zero-order chi connectivity index (χ0) is 17.9. The highest BCUT2D eigenvalue weighted by molar-refractivity contribution is 7.10. The number of carbonyl (C=O) groups is 1. The molecule has 3 rings (SSSR count). The van der Waals surface area contributed by atoms with E-state index in [9.17, 15) is 9.18 Å². The van der Waals surface area contributed by atoms with E-state index in [0.29, 0.717) is 18.5 Å². The van der Waals surface area contributed by atoms with E-state index in [4.69, 9.17) is 0 Å². The maximum Gasteiger partial charge on any atom is 0.245 e. The average molecular weight is 361 g/mol. The number of aryl methyl sites for hydroxylation is 1.